The summed E-state index contributed by atoms with van der Waals surface area (Å²) in [6.45, 7) is 0. The Labute approximate surface area is 71.4 Å². The van der Waals surface area contributed by atoms with Gasteiger partial charge < -0.3 is 5.48 Å². The molecule has 4 heavy (non-hydrogen) atoms. The van der Waals surface area contributed by atoms with Gasteiger partial charge in [-0.3, -0.25) is 0 Å². The molecular weight excluding hydrogens is 304 g/mol. The molecule has 1 nitrogen and oxygen atoms in total. The summed E-state index contributed by atoms with van der Waals surface area (Å²) in [6, 6.07) is 0. The maximum Gasteiger partial charge on any atom is 4.00 e. The van der Waals surface area contributed by atoms with E-state index in [4.69, 9.17) is 0 Å². The molecule has 0 saturated carbocycles. The summed E-state index contributed by atoms with van der Waals surface area (Å²) in [5.74, 6) is 0. The summed E-state index contributed by atoms with van der Waals surface area (Å²) in [6.07, 6.45) is 0. The van der Waals surface area contributed by atoms with Crippen molar-refractivity contribution < 1.29 is 22.5 Å². The van der Waals surface area contributed by atoms with Crippen molar-refractivity contribution in [1.29, 1.82) is 0 Å². The molecule has 1 radical (unpaired) electrons. The fourth-order valence-corrected chi connectivity index (χ4v) is 0. The van der Waals surface area contributed by atoms with Crippen LogP contribution in [0.5, 0.6) is 0 Å². The number of hydrogen-bond acceptors (Lipinski definition) is 0. The van der Waals surface area contributed by atoms with E-state index in [2.05, 4.69) is 0 Å². The van der Waals surface area contributed by atoms with E-state index in [9.17, 15) is 0 Å². The molecule has 0 aromatic rings. The average molecular weight is 304 g/mol. The zero-order valence-corrected chi connectivity index (χ0v) is 9.19. The summed E-state index contributed by atoms with van der Waals surface area (Å²) < 4.78 is 0. The van der Waals surface area contributed by atoms with E-state index in [0.29, 0.717) is 0 Å². The Bertz CT molecular complexity index is 8.00. The van der Waals surface area contributed by atoms with Gasteiger partial charge in [0.1, 0.15) is 0 Å². The standard InChI is InChI=1S/In.Mn.O.Sn/q+3;+2;-2;+4. The topological polar surface area (TPSA) is 28.5 Å². The summed E-state index contributed by atoms with van der Waals surface area (Å²) in [7, 11) is 0. The van der Waals surface area contributed by atoms with Crippen LogP contribution in [-0.2, 0) is 22.5 Å². The van der Waals surface area contributed by atoms with Crippen molar-refractivity contribution in [1.82, 2.24) is 0 Å². The van der Waals surface area contributed by atoms with Gasteiger partial charge in [0, 0.05) is 0 Å². The first-order valence-electron chi connectivity index (χ1n) is 0. The normalized spacial score (nSPS) is 0. The molecule has 0 atom stereocenters. The van der Waals surface area contributed by atoms with Crippen molar-refractivity contribution in [3.8, 4) is 0 Å². The van der Waals surface area contributed by atoms with Crippen LogP contribution in [0.4, 0.5) is 0 Å². The number of rotatable bonds is 0. The van der Waals surface area contributed by atoms with Crippen LogP contribution in [0.3, 0.4) is 0 Å². The molecule has 0 aromatic heterocycles. The third-order valence-electron chi connectivity index (χ3n) is 0. The van der Waals surface area contributed by atoms with Crippen LogP contribution < -0.4 is 0 Å². The third-order valence-corrected chi connectivity index (χ3v) is 0. The number of hydrogen-bond donors (Lipinski definition) is 0. The Hall–Kier alpha value is 2.15. The molecule has 0 aliphatic rings. The predicted molar refractivity (Wildman–Crippen MR) is 12.2 cm³/mol. The van der Waals surface area contributed by atoms with Crippen molar-refractivity contribution in [2.45, 2.75) is 0 Å². The molecule has 13 valence electrons. The molecule has 0 bridgehead atoms. The zero-order chi connectivity index (χ0) is 0. The molecule has 0 unspecified atom stereocenters. The molecule has 0 spiro atoms. The second-order valence-electron chi connectivity index (χ2n) is 0. The van der Waals surface area contributed by atoms with Gasteiger partial charge in [0.05, 0.1) is 0 Å². The van der Waals surface area contributed by atoms with E-state index in [1.807, 2.05) is 0 Å². The van der Waals surface area contributed by atoms with E-state index >= 15 is 0 Å². The molecule has 0 rings (SSSR count). The molecule has 0 fully saturated rings. The minimum absolute atomic E-state index is 0. The first-order valence-corrected chi connectivity index (χ1v) is 0. The van der Waals surface area contributed by atoms with Crippen LogP contribution >= 0.6 is 0 Å². The summed E-state index contributed by atoms with van der Waals surface area (Å²) in [5.41, 5.74) is 0. The van der Waals surface area contributed by atoms with Gasteiger partial charge in [0.25, 0.3) is 0 Å². The van der Waals surface area contributed by atoms with Crippen LogP contribution in [0.15, 0.2) is 0 Å². The SMILES string of the molecule is [In+3].[Mn+2].[O-2].[Sn+4]. The fraction of sp³-hybridized carbons (Fsp3) is 0. The Morgan fingerprint density at radius 1 is 1.00 bits per heavy atom. The van der Waals surface area contributed by atoms with Crippen molar-refractivity contribution in [3.05, 3.63) is 0 Å². The van der Waals surface area contributed by atoms with E-state index in [1.165, 1.54) is 0 Å². The summed E-state index contributed by atoms with van der Waals surface area (Å²) in [5, 5.41) is 0. The summed E-state index contributed by atoms with van der Waals surface area (Å²) in [4.78, 5) is 0. The summed E-state index contributed by atoms with van der Waals surface area (Å²) >= 11 is 0. The second-order valence-corrected chi connectivity index (χ2v) is 0. The van der Waals surface area contributed by atoms with Gasteiger partial charge in [-0.25, -0.2) is 0 Å². The molecule has 0 amide bonds. The van der Waals surface area contributed by atoms with Crippen LogP contribution in [0.1, 0.15) is 0 Å². The van der Waals surface area contributed by atoms with Gasteiger partial charge in [-0.15, -0.1) is 0 Å². The zero-order valence-electron chi connectivity index (χ0n) is 1.86. The van der Waals surface area contributed by atoms with Gasteiger partial charge in [-0.2, -0.15) is 0 Å². The molecule has 0 N–H and O–H groups in total. The smallest absolute Gasteiger partial charge is 2.00 e. The van der Waals surface area contributed by atoms with E-state index in [1.54, 1.807) is 0 Å². The molecule has 0 saturated heterocycles. The van der Waals surface area contributed by atoms with Crippen molar-refractivity contribution in [2.24, 2.45) is 0 Å². The maximum absolute atomic E-state index is 0. The van der Waals surface area contributed by atoms with Gasteiger partial charge in [-0.05, 0) is 0 Å². The minimum atomic E-state index is 0. The third kappa shape index (κ3) is 8.91. The van der Waals surface area contributed by atoms with Crippen molar-refractivity contribution in [3.63, 3.8) is 0 Å². The Morgan fingerprint density at radius 3 is 1.00 bits per heavy atom. The van der Waals surface area contributed by atoms with Crippen molar-refractivity contribution in [2.75, 3.05) is 0 Å². The Kier molecular flexibility index (Phi) is 169. The molecular formula is InMnOSn+7. The van der Waals surface area contributed by atoms with Crippen LogP contribution in [-0.4, -0.2) is 49.8 Å². The van der Waals surface area contributed by atoms with Gasteiger partial charge in [0.15, 0.2) is 0 Å². The van der Waals surface area contributed by atoms with Crippen LogP contribution in [0.25, 0.3) is 0 Å². The molecule has 0 aliphatic heterocycles. The Balaban J connectivity index is 0. The minimum Gasteiger partial charge on any atom is -2.00 e. The first kappa shape index (κ1) is 35.3. The van der Waals surface area contributed by atoms with Gasteiger partial charge in [-0.1, -0.05) is 0 Å². The van der Waals surface area contributed by atoms with Crippen LogP contribution in [0, 0.1) is 0 Å². The quantitative estimate of drug-likeness (QED) is 0.520. The largest absolute Gasteiger partial charge is 4.00 e. The fourth-order valence-electron chi connectivity index (χ4n) is 0. The van der Waals surface area contributed by atoms with Gasteiger partial charge in [0.2, 0.25) is 0 Å². The molecule has 4 heteroatoms. The molecule has 0 aliphatic carbocycles. The average Bonchev–Trinajstić information content (AvgIpc) is 0. The molecule has 0 heterocycles. The van der Waals surface area contributed by atoms with E-state index in [0.717, 1.165) is 0 Å². The predicted octanol–water partition coefficient (Wildman–Crippen LogP) is -0.883. The molecule has 0 aromatic carbocycles. The monoisotopic (exact) mass is 306 g/mol. The van der Waals surface area contributed by atoms with Gasteiger partial charge >= 0.3 is 66.8 Å². The van der Waals surface area contributed by atoms with Crippen LogP contribution in [0.2, 0.25) is 0 Å². The maximum atomic E-state index is 0. The first-order chi connectivity index (χ1) is 0. The van der Waals surface area contributed by atoms with E-state index < -0.39 is 0 Å². The van der Waals surface area contributed by atoms with E-state index in [-0.39, 0.29) is 72.3 Å². The second kappa shape index (κ2) is 19.2. The Morgan fingerprint density at radius 2 is 1.00 bits per heavy atom. The van der Waals surface area contributed by atoms with Crippen molar-refractivity contribution >= 4 is 49.8 Å².